The van der Waals surface area contributed by atoms with Gasteiger partial charge in [-0.2, -0.15) is 10.4 Å². The maximum absolute atomic E-state index is 13.5. The van der Waals surface area contributed by atoms with Gasteiger partial charge in [0.15, 0.2) is 0 Å². The van der Waals surface area contributed by atoms with E-state index in [2.05, 4.69) is 28.1 Å². The van der Waals surface area contributed by atoms with Crippen LogP contribution in [0.25, 0.3) is 5.52 Å². The van der Waals surface area contributed by atoms with E-state index in [1.807, 2.05) is 30.2 Å². The molecule has 142 valence electrons. The second-order valence-corrected chi connectivity index (χ2v) is 8.00. The number of rotatable bonds is 4. The molecule has 4 heterocycles. The molecule has 1 saturated carbocycles. The molecule has 1 unspecified atom stereocenters. The van der Waals surface area contributed by atoms with E-state index in [4.69, 9.17) is 0 Å². The van der Waals surface area contributed by atoms with Crippen LogP contribution in [-0.4, -0.2) is 39.7 Å². The van der Waals surface area contributed by atoms with Gasteiger partial charge in [0.05, 0.1) is 23.0 Å². The van der Waals surface area contributed by atoms with Gasteiger partial charge in [-0.1, -0.05) is 6.92 Å². The fourth-order valence-corrected chi connectivity index (χ4v) is 4.61. The summed E-state index contributed by atoms with van der Waals surface area (Å²) in [7, 11) is 0. The van der Waals surface area contributed by atoms with E-state index in [0.29, 0.717) is 6.42 Å². The van der Waals surface area contributed by atoms with E-state index in [1.54, 1.807) is 16.9 Å². The number of amides is 1. The lowest BCUT2D eigenvalue weighted by molar-refractivity contribution is -0.123. The van der Waals surface area contributed by atoms with Crippen LogP contribution in [0.4, 0.5) is 5.69 Å². The molecule has 7 heteroatoms. The van der Waals surface area contributed by atoms with Gasteiger partial charge in [0.25, 0.3) is 0 Å². The molecule has 2 aliphatic heterocycles. The zero-order valence-electron chi connectivity index (χ0n) is 16.0. The summed E-state index contributed by atoms with van der Waals surface area (Å²) in [6.07, 6.45) is 8.73. The number of nitrogens with zero attached hydrogens (tertiary/aromatic N) is 6. The van der Waals surface area contributed by atoms with Crippen LogP contribution in [0.5, 0.6) is 0 Å². The number of aromatic nitrogens is 2. The Balaban J connectivity index is 1.61. The van der Waals surface area contributed by atoms with Gasteiger partial charge in [0.1, 0.15) is 11.6 Å². The van der Waals surface area contributed by atoms with Crippen molar-refractivity contribution in [3.8, 4) is 6.07 Å². The molecule has 0 spiro atoms. The van der Waals surface area contributed by atoms with Crippen molar-refractivity contribution >= 4 is 29.0 Å². The van der Waals surface area contributed by atoms with Gasteiger partial charge in [-0.25, -0.2) is 4.52 Å². The highest BCUT2D eigenvalue weighted by molar-refractivity contribution is 6.39. The van der Waals surface area contributed by atoms with Gasteiger partial charge < -0.3 is 4.90 Å². The number of fused-ring (bicyclic) bond motifs is 1. The second kappa shape index (κ2) is 5.99. The van der Waals surface area contributed by atoms with Crippen LogP contribution in [0, 0.1) is 22.7 Å². The third-order valence-electron chi connectivity index (χ3n) is 6.25. The molecule has 7 nitrogen and oxygen atoms in total. The van der Waals surface area contributed by atoms with Gasteiger partial charge >= 0.3 is 0 Å². The van der Waals surface area contributed by atoms with Crippen LogP contribution in [0.3, 0.4) is 0 Å². The minimum Gasteiger partial charge on any atom is -0.306 e. The average Bonchev–Trinajstić information content (AvgIpc) is 3.20. The SMILES string of the molecule is CC[C@H]1C[C@@](C#N)(C2CC2)C(=O)N1c1ccnn2cc(C3=NC(C)N=C3)cc12. The first-order valence-corrected chi connectivity index (χ1v) is 9.91. The van der Waals surface area contributed by atoms with Crippen LogP contribution in [0.2, 0.25) is 0 Å². The Hall–Kier alpha value is -3.01. The highest BCUT2D eigenvalue weighted by Crippen LogP contribution is 2.54. The van der Waals surface area contributed by atoms with Crippen LogP contribution < -0.4 is 4.90 Å². The van der Waals surface area contributed by atoms with Gasteiger partial charge in [-0.15, -0.1) is 0 Å². The normalized spacial score (nSPS) is 29.5. The Morgan fingerprint density at radius 1 is 1.39 bits per heavy atom. The van der Waals surface area contributed by atoms with Crippen molar-refractivity contribution in [3.05, 3.63) is 30.1 Å². The molecule has 0 N–H and O–H groups in total. The van der Waals surface area contributed by atoms with Crippen molar-refractivity contribution in [2.45, 2.75) is 51.7 Å². The molecule has 3 atom stereocenters. The summed E-state index contributed by atoms with van der Waals surface area (Å²) in [5.74, 6) is 0.156. The number of nitriles is 1. The highest BCUT2D eigenvalue weighted by atomic mass is 16.2. The fraction of sp³-hybridized carbons (Fsp3) is 0.476. The standard InChI is InChI=1S/C21H22N6O/c1-3-16-9-21(12-22,15-4-5-15)20(28)27(16)18-6-7-24-26-11-14(8-19(18)26)17-10-23-13(2)25-17/h6-8,10-11,13,15-16H,3-5,9H2,1-2H3/t13?,16-,21+/m0/s1. The summed E-state index contributed by atoms with van der Waals surface area (Å²) >= 11 is 0. The predicted octanol–water partition coefficient (Wildman–Crippen LogP) is 2.99. The highest BCUT2D eigenvalue weighted by Gasteiger charge is 2.59. The quantitative estimate of drug-likeness (QED) is 0.824. The molecule has 0 aromatic carbocycles. The van der Waals surface area contributed by atoms with Crippen molar-refractivity contribution in [1.82, 2.24) is 9.61 Å². The zero-order chi connectivity index (χ0) is 19.5. The molecule has 28 heavy (non-hydrogen) atoms. The van der Waals surface area contributed by atoms with Crippen molar-refractivity contribution in [2.24, 2.45) is 21.3 Å². The first kappa shape index (κ1) is 17.1. The van der Waals surface area contributed by atoms with E-state index in [0.717, 1.165) is 41.7 Å². The summed E-state index contributed by atoms with van der Waals surface area (Å²) in [6, 6.07) is 6.33. The van der Waals surface area contributed by atoms with Crippen molar-refractivity contribution in [2.75, 3.05) is 4.90 Å². The van der Waals surface area contributed by atoms with Crippen LogP contribution in [0.1, 0.15) is 45.1 Å². The average molecular weight is 374 g/mol. The summed E-state index contributed by atoms with van der Waals surface area (Å²) in [5.41, 5.74) is 2.56. The molecule has 1 aliphatic carbocycles. The minimum absolute atomic E-state index is 0.0303. The molecule has 0 bridgehead atoms. The Labute approximate surface area is 163 Å². The molecule has 0 radical (unpaired) electrons. The molecule has 1 saturated heterocycles. The van der Waals surface area contributed by atoms with Crippen molar-refractivity contribution < 1.29 is 4.79 Å². The van der Waals surface area contributed by atoms with E-state index < -0.39 is 5.41 Å². The third kappa shape index (κ3) is 2.34. The second-order valence-electron chi connectivity index (χ2n) is 8.00. The largest absolute Gasteiger partial charge is 0.306 e. The zero-order valence-corrected chi connectivity index (χ0v) is 16.0. The van der Waals surface area contributed by atoms with Gasteiger partial charge in [-0.05, 0) is 50.7 Å². The van der Waals surface area contributed by atoms with Crippen molar-refractivity contribution in [3.63, 3.8) is 0 Å². The Kier molecular flexibility index (Phi) is 3.66. The third-order valence-corrected chi connectivity index (χ3v) is 6.25. The van der Waals surface area contributed by atoms with Crippen LogP contribution in [-0.2, 0) is 4.79 Å². The van der Waals surface area contributed by atoms with E-state index in [1.165, 1.54) is 0 Å². The number of hydrogen-bond acceptors (Lipinski definition) is 5. The summed E-state index contributed by atoms with van der Waals surface area (Å²) in [6.45, 7) is 4.02. The predicted molar refractivity (Wildman–Crippen MR) is 107 cm³/mol. The monoisotopic (exact) mass is 374 g/mol. The van der Waals surface area contributed by atoms with Gasteiger partial charge in [0.2, 0.25) is 5.91 Å². The summed E-state index contributed by atoms with van der Waals surface area (Å²) in [4.78, 5) is 24.2. The molecule has 2 aromatic heterocycles. The fourth-order valence-electron chi connectivity index (χ4n) is 4.61. The number of carbonyl (C=O) groups excluding carboxylic acids is 1. The Morgan fingerprint density at radius 2 is 2.21 bits per heavy atom. The molecular formula is C21H22N6O. The smallest absolute Gasteiger partial charge is 0.248 e. The molecular weight excluding hydrogens is 352 g/mol. The topological polar surface area (TPSA) is 86.1 Å². The molecule has 2 fully saturated rings. The Bertz CT molecular complexity index is 1070. The summed E-state index contributed by atoms with van der Waals surface area (Å²) < 4.78 is 1.79. The van der Waals surface area contributed by atoms with Crippen molar-refractivity contribution in [1.29, 1.82) is 5.26 Å². The first-order valence-electron chi connectivity index (χ1n) is 9.91. The number of carbonyl (C=O) groups is 1. The minimum atomic E-state index is -0.867. The lowest BCUT2D eigenvalue weighted by Crippen LogP contribution is -2.37. The maximum Gasteiger partial charge on any atom is 0.248 e. The first-order chi connectivity index (χ1) is 13.6. The lowest BCUT2D eigenvalue weighted by Gasteiger charge is -2.25. The Morgan fingerprint density at radius 3 is 2.86 bits per heavy atom. The van der Waals surface area contributed by atoms with E-state index in [9.17, 15) is 10.1 Å². The van der Waals surface area contributed by atoms with E-state index in [-0.39, 0.29) is 24.0 Å². The number of anilines is 1. The summed E-state index contributed by atoms with van der Waals surface area (Å²) in [5, 5.41) is 14.3. The molecule has 3 aliphatic rings. The lowest BCUT2D eigenvalue weighted by atomic mass is 9.81. The van der Waals surface area contributed by atoms with Crippen LogP contribution >= 0.6 is 0 Å². The van der Waals surface area contributed by atoms with Crippen LogP contribution in [0.15, 0.2) is 34.5 Å². The molecule has 2 aromatic rings. The van der Waals surface area contributed by atoms with Gasteiger partial charge in [-0.3, -0.25) is 14.8 Å². The molecule has 1 amide bonds. The van der Waals surface area contributed by atoms with E-state index >= 15 is 0 Å². The maximum atomic E-state index is 13.5. The van der Waals surface area contributed by atoms with Gasteiger partial charge in [0, 0.05) is 30.2 Å². The number of aliphatic imine (C=N–C) groups is 2. The number of hydrogen-bond donors (Lipinski definition) is 0. The molecule has 5 rings (SSSR count).